The Kier molecular flexibility index (Phi) is 7.25. The maximum atomic E-state index is 12.2. The van der Waals surface area contributed by atoms with Crippen LogP contribution in [0, 0.1) is 0 Å². The van der Waals surface area contributed by atoms with Gasteiger partial charge in [0.05, 0.1) is 18.4 Å². The molecule has 2 aromatic rings. The lowest BCUT2D eigenvalue weighted by molar-refractivity contribution is -0.113. The predicted octanol–water partition coefficient (Wildman–Crippen LogP) is 3.37. The van der Waals surface area contributed by atoms with Crippen molar-refractivity contribution in [3.05, 3.63) is 42.1 Å². The van der Waals surface area contributed by atoms with E-state index in [0.29, 0.717) is 16.4 Å². The SMILES string of the molecule is COC(=O)c1ccc(NC(=O)CSc2nccc(N3CCCCCC3)n2)cc1. The van der Waals surface area contributed by atoms with Gasteiger partial charge in [0.15, 0.2) is 5.16 Å². The predicted molar refractivity (Wildman–Crippen MR) is 110 cm³/mol. The summed E-state index contributed by atoms with van der Waals surface area (Å²) in [6.07, 6.45) is 6.65. The third kappa shape index (κ3) is 5.69. The van der Waals surface area contributed by atoms with Gasteiger partial charge in [0.25, 0.3) is 0 Å². The number of benzene rings is 1. The second kappa shape index (κ2) is 10.1. The molecule has 1 amide bonds. The summed E-state index contributed by atoms with van der Waals surface area (Å²) in [5, 5.41) is 3.40. The number of methoxy groups -OCH3 is 1. The third-order valence-electron chi connectivity index (χ3n) is 4.47. The number of nitrogens with one attached hydrogen (secondary N) is 1. The Morgan fingerprint density at radius 2 is 1.82 bits per heavy atom. The Balaban J connectivity index is 1.53. The van der Waals surface area contributed by atoms with Gasteiger partial charge in [-0.2, -0.15) is 0 Å². The van der Waals surface area contributed by atoms with Crippen LogP contribution in [0.25, 0.3) is 0 Å². The Labute approximate surface area is 168 Å². The molecule has 0 saturated carbocycles. The first-order valence-electron chi connectivity index (χ1n) is 9.35. The molecule has 0 spiro atoms. The van der Waals surface area contributed by atoms with Crippen LogP contribution in [0.15, 0.2) is 41.7 Å². The molecular weight excluding hydrogens is 376 g/mol. The molecule has 7 nitrogen and oxygen atoms in total. The van der Waals surface area contributed by atoms with Crippen molar-refractivity contribution in [3.63, 3.8) is 0 Å². The highest BCUT2D eigenvalue weighted by molar-refractivity contribution is 7.99. The van der Waals surface area contributed by atoms with Gasteiger partial charge in [0, 0.05) is 25.0 Å². The van der Waals surface area contributed by atoms with E-state index in [0.717, 1.165) is 18.9 Å². The molecule has 1 fully saturated rings. The van der Waals surface area contributed by atoms with Gasteiger partial charge in [0.1, 0.15) is 5.82 Å². The molecule has 8 heteroatoms. The van der Waals surface area contributed by atoms with Crippen molar-refractivity contribution in [1.82, 2.24) is 9.97 Å². The van der Waals surface area contributed by atoms with Crippen LogP contribution in [0.2, 0.25) is 0 Å². The van der Waals surface area contributed by atoms with Crippen molar-refractivity contribution in [3.8, 4) is 0 Å². The number of rotatable bonds is 6. The number of anilines is 2. The number of thioether (sulfide) groups is 1. The Morgan fingerprint density at radius 1 is 1.11 bits per heavy atom. The summed E-state index contributed by atoms with van der Waals surface area (Å²) >= 11 is 1.31. The topological polar surface area (TPSA) is 84.4 Å². The van der Waals surface area contributed by atoms with E-state index < -0.39 is 5.97 Å². The first kappa shape index (κ1) is 20.1. The monoisotopic (exact) mass is 400 g/mol. The van der Waals surface area contributed by atoms with E-state index in [4.69, 9.17) is 0 Å². The van der Waals surface area contributed by atoms with Gasteiger partial charge in [-0.1, -0.05) is 24.6 Å². The Morgan fingerprint density at radius 3 is 2.50 bits per heavy atom. The number of nitrogens with zero attached hydrogens (tertiary/aromatic N) is 3. The number of carbonyl (C=O) groups is 2. The van der Waals surface area contributed by atoms with Gasteiger partial charge in [-0.25, -0.2) is 14.8 Å². The van der Waals surface area contributed by atoms with Crippen molar-refractivity contribution >= 4 is 35.1 Å². The Hall–Kier alpha value is -2.61. The summed E-state index contributed by atoms with van der Waals surface area (Å²) in [7, 11) is 1.33. The number of carbonyl (C=O) groups excluding carboxylic acids is 2. The van der Waals surface area contributed by atoms with Crippen molar-refractivity contribution in [2.24, 2.45) is 0 Å². The zero-order valence-corrected chi connectivity index (χ0v) is 16.7. The van der Waals surface area contributed by atoms with E-state index in [1.165, 1.54) is 44.6 Å². The molecule has 0 radical (unpaired) electrons. The van der Waals surface area contributed by atoms with Gasteiger partial charge in [-0.15, -0.1) is 0 Å². The van der Waals surface area contributed by atoms with E-state index in [9.17, 15) is 9.59 Å². The lowest BCUT2D eigenvalue weighted by atomic mass is 10.2. The molecule has 0 aliphatic carbocycles. The van der Waals surface area contributed by atoms with Gasteiger partial charge in [-0.3, -0.25) is 4.79 Å². The van der Waals surface area contributed by atoms with E-state index in [1.54, 1.807) is 30.5 Å². The first-order valence-corrected chi connectivity index (χ1v) is 10.3. The summed E-state index contributed by atoms with van der Waals surface area (Å²) in [5.74, 6) is 0.579. The smallest absolute Gasteiger partial charge is 0.337 e. The first-order chi connectivity index (χ1) is 13.7. The summed E-state index contributed by atoms with van der Waals surface area (Å²) in [5.41, 5.74) is 1.06. The fraction of sp³-hybridized carbons (Fsp3) is 0.400. The molecule has 0 bridgehead atoms. The number of hydrogen-bond acceptors (Lipinski definition) is 7. The molecule has 1 aromatic carbocycles. The highest BCUT2D eigenvalue weighted by atomic mass is 32.2. The zero-order chi connectivity index (χ0) is 19.8. The normalized spacial score (nSPS) is 14.2. The van der Waals surface area contributed by atoms with Crippen LogP contribution in [-0.2, 0) is 9.53 Å². The summed E-state index contributed by atoms with van der Waals surface area (Å²) in [6.45, 7) is 2.03. The maximum absolute atomic E-state index is 12.2. The van der Waals surface area contributed by atoms with Crippen LogP contribution >= 0.6 is 11.8 Å². The number of amides is 1. The summed E-state index contributed by atoms with van der Waals surface area (Å²) in [4.78, 5) is 34.8. The van der Waals surface area contributed by atoms with Crippen LogP contribution in [0.3, 0.4) is 0 Å². The molecule has 1 aliphatic rings. The summed E-state index contributed by atoms with van der Waals surface area (Å²) in [6, 6.07) is 8.50. The maximum Gasteiger partial charge on any atom is 0.337 e. The largest absolute Gasteiger partial charge is 0.465 e. The Bertz CT molecular complexity index is 805. The minimum absolute atomic E-state index is 0.153. The molecule has 1 saturated heterocycles. The zero-order valence-electron chi connectivity index (χ0n) is 15.9. The number of ether oxygens (including phenoxy) is 1. The van der Waals surface area contributed by atoms with Crippen LogP contribution in [-0.4, -0.2) is 47.8 Å². The molecule has 148 valence electrons. The van der Waals surface area contributed by atoms with E-state index >= 15 is 0 Å². The molecular formula is C20H24N4O3S. The number of hydrogen-bond donors (Lipinski definition) is 1. The van der Waals surface area contributed by atoms with E-state index in [1.807, 2.05) is 6.07 Å². The third-order valence-corrected chi connectivity index (χ3v) is 5.33. The molecule has 0 unspecified atom stereocenters. The average molecular weight is 401 g/mol. The lowest BCUT2D eigenvalue weighted by Crippen LogP contribution is -2.25. The molecule has 1 N–H and O–H groups in total. The van der Waals surface area contributed by atoms with Crippen molar-refractivity contribution in [2.45, 2.75) is 30.8 Å². The molecule has 3 rings (SSSR count). The highest BCUT2D eigenvalue weighted by Gasteiger charge is 2.13. The van der Waals surface area contributed by atoms with Crippen LogP contribution in [0.5, 0.6) is 0 Å². The van der Waals surface area contributed by atoms with Crippen LogP contribution in [0.4, 0.5) is 11.5 Å². The van der Waals surface area contributed by atoms with Gasteiger partial charge in [-0.05, 0) is 43.2 Å². The fourth-order valence-electron chi connectivity index (χ4n) is 3.01. The second-order valence-electron chi connectivity index (χ2n) is 6.50. The van der Waals surface area contributed by atoms with Crippen molar-refractivity contribution in [1.29, 1.82) is 0 Å². The standard InChI is InChI=1S/C20H24N4O3S/c1-27-19(26)15-6-8-16(9-7-15)22-18(25)14-28-20-21-11-10-17(23-20)24-12-4-2-3-5-13-24/h6-11H,2-5,12-14H2,1H3,(H,22,25). The molecule has 28 heavy (non-hydrogen) atoms. The van der Waals surface area contributed by atoms with Gasteiger partial charge < -0.3 is 15.0 Å². The van der Waals surface area contributed by atoms with Crippen LogP contribution < -0.4 is 10.2 Å². The van der Waals surface area contributed by atoms with Crippen LogP contribution in [0.1, 0.15) is 36.0 Å². The molecule has 1 aliphatic heterocycles. The van der Waals surface area contributed by atoms with Gasteiger partial charge >= 0.3 is 5.97 Å². The van der Waals surface area contributed by atoms with E-state index in [2.05, 4.69) is 24.9 Å². The highest BCUT2D eigenvalue weighted by Crippen LogP contribution is 2.20. The second-order valence-corrected chi connectivity index (χ2v) is 7.45. The fourth-order valence-corrected chi connectivity index (χ4v) is 3.64. The summed E-state index contributed by atoms with van der Waals surface area (Å²) < 4.78 is 4.66. The minimum atomic E-state index is -0.408. The molecule has 1 aromatic heterocycles. The van der Waals surface area contributed by atoms with Crippen molar-refractivity contribution < 1.29 is 14.3 Å². The van der Waals surface area contributed by atoms with Crippen molar-refractivity contribution in [2.75, 3.05) is 36.2 Å². The number of aromatic nitrogens is 2. The lowest BCUT2D eigenvalue weighted by Gasteiger charge is -2.21. The average Bonchev–Trinajstić information content (AvgIpc) is 3.02. The quantitative estimate of drug-likeness (QED) is 0.452. The van der Waals surface area contributed by atoms with Gasteiger partial charge in [0.2, 0.25) is 5.91 Å². The molecule has 2 heterocycles. The molecule has 0 atom stereocenters. The number of esters is 1. The van der Waals surface area contributed by atoms with E-state index in [-0.39, 0.29) is 11.7 Å². The minimum Gasteiger partial charge on any atom is -0.465 e.